The van der Waals surface area contributed by atoms with Crippen LogP contribution in [0.2, 0.25) is 0 Å². The van der Waals surface area contributed by atoms with Gasteiger partial charge in [0.1, 0.15) is 22.9 Å². The van der Waals surface area contributed by atoms with Gasteiger partial charge in [0.25, 0.3) is 11.8 Å². The molecule has 414 valence electrons. The van der Waals surface area contributed by atoms with E-state index in [4.69, 9.17) is 57.5 Å². The molecular formula is C75H44N2O10. The van der Waals surface area contributed by atoms with Gasteiger partial charge in [0.2, 0.25) is 11.5 Å². The lowest BCUT2D eigenvalue weighted by molar-refractivity contribution is 0.101. The molecule has 10 aromatic carbocycles. The first-order chi connectivity index (χ1) is 42.3. The van der Waals surface area contributed by atoms with Crippen LogP contribution in [-0.2, 0) is 5.41 Å². The molecule has 0 aromatic heterocycles. The fraction of sp³-hybridized carbons (Fsp3) is 0.0133. The van der Waals surface area contributed by atoms with Crippen molar-refractivity contribution in [2.24, 2.45) is 0 Å². The van der Waals surface area contributed by atoms with E-state index in [9.17, 15) is 30.0 Å². The molecule has 0 fully saturated rings. The smallest absolute Gasteiger partial charge is 0.255 e. The Morgan fingerprint density at radius 3 is 1.13 bits per heavy atom. The van der Waals surface area contributed by atoms with E-state index in [0.29, 0.717) is 22.6 Å². The van der Waals surface area contributed by atoms with E-state index < -0.39 is 28.7 Å². The lowest BCUT2D eigenvalue weighted by Gasteiger charge is -2.34. The van der Waals surface area contributed by atoms with Gasteiger partial charge < -0.3 is 50.0 Å². The Balaban J connectivity index is 0.921. The molecule has 12 heteroatoms. The minimum absolute atomic E-state index is 0.0578. The van der Waals surface area contributed by atoms with Crippen LogP contribution in [0.3, 0.4) is 0 Å². The van der Waals surface area contributed by atoms with E-state index in [2.05, 4.69) is 70.4 Å². The third-order valence-electron chi connectivity index (χ3n) is 14.6. The number of anilines is 2. The molecule has 0 saturated carbocycles. The SMILES string of the molecule is C#Cc1ccc(C(=O)Nc2c(Oc3c(O)cccc3Oc3ccc(C4(c5ccc(Oc6cccc(O)c6Oc6cc(C#C)c(C#C)c(O)c6NC(=O)c6ccc(C#C)cc6)cc5)c5ccccc5-c5ccccc54)cc3)cc(C#C)c(C#C)c2O)cc1. The molecule has 12 nitrogen and oxygen atoms in total. The monoisotopic (exact) mass is 1130 g/mol. The topological polar surface area (TPSA) is 176 Å². The Hall–Kier alpha value is -13.1. The molecule has 0 spiro atoms. The number of terminal acetylenes is 6. The van der Waals surface area contributed by atoms with E-state index in [1.54, 1.807) is 72.8 Å². The molecule has 0 atom stereocenters. The van der Waals surface area contributed by atoms with Crippen LogP contribution in [0.25, 0.3) is 11.1 Å². The second-order valence-corrected chi connectivity index (χ2v) is 19.5. The fourth-order valence-electron chi connectivity index (χ4n) is 10.4. The Kier molecular flexibility index (Phi) is 15.0. The summed E-state index contributed by atoms with van der Waals surface area (Å²) in [7, 11) is 0. The number of nitrogens with one attached hydrogen (secondary N) is 2. The van der Waals surface area contributed by atoms with Crippen molar-refractivity contribution in [3.05, 3.63) is 261 Å². The van der Waals surface area contributed by atoms with Crippen LogP contribution < -0.4 is 29.6 Å². The van der Waals surface area contributed by atoms with Crippen molar-refractivity contribution < 1.29 is 49.0 Å². The van der Waals surface area contributed by atoms with Gasteiger partial charge in [-0.25, -0.2) is 0 Å². The van der Waals surface area contributed by atoms with E-state index in [-0.39, 0.29) is 90.8 Å². The summed E-state index contributed by atoms with van der Waals surface area (Å²) in [6.45, 7) is 0. The lowest BCUT2D eigenvalue weighted by atomic mass is 9.68. The molecule has 0 heterocycles. The van der Waals surface area contributed by atoms with E-state index >= 15 is 0 Å². The van der Waals surface area contributed by atoms with Gasteiger partial charge in [0.05, 0.1) is 16.5 Å². The number of ether oxygens (including phenoxy) is 4. The largest absolute Gasteiger partial charge is 0.504 e. The summed E-state index contributed by atoms with van der Waals surface area (Å²) >= 11 is 0. The van der Waals surface area contributed by atoms with Crippen LogP contribution >= 0.6 is 0 Å². The quantitative estimate of drug-likeness (QED) is 0.0454. The third-order valence-corrected chi connectivity index (χ3v) is 14.6. The zero-order valence-electron chi connectivity index (χ0n) is 45.7. The summed E-state index contributed by atoms with van der Waals surface area (Å²) in [5.41, 5.74) is 5.92. The molecule has 10 aromatic rings. The van der Waals surface area contributed by atoms with Crippen molar-refractivity contribution in [3.63, 3.8) is 0 Å². The summed E-state index contributed by atoms with van der Waals surface area (Å²) < 4.78 is 25.6. The highest BCUT2D eigenvalue weighted by Gasteiger charge is 2.46. The predicted molar refractivity (Wildman–Crippen MR) is 333 cm³/mol. The molecule has 0 saturated heterocycles. The number of phenolic OH excluding ortho intramolecular Hbond substituents is 4. The first-order valence-corrected chi connectivity index (χ1v) is 26.5. The van der Waals surface area contributed by atoms with Gasteiger partial charge in [-0.2, -0.15) is 0 Å². The van der Waals surface area contributed by atoms with Gasteiger partial charge in [0.15, 0.2) is 46.0 Å². The van der Waals surface area contributed by atoms with Gasteiger partial charge in [0, 0.05) is 45.5 Å². The van der Waals surface area contributed by atoms with Crippen molar-refractivity contribution in [2.75, 3.05) is 10.6 Å². The number of fused-ring (bicyclic) bond motifs is 3. The number of carbonyl (C=O) groups excluding carboxylic acids is 2. The average molecular weight is 1130 g/mol. The van der Waals surface area contributed by atoms with Crippen molar-refractivity contribution in [1.29, 1.82) is 0 Å². The molecule has 1 aliphatic rings. The molecule has 6 N–H and O–H groups in total. The Bertz CT molecular complexity index is 4410. The molecular weight excluding hydrogens is 1090 g/mol. The summed E-state index contributed by atoms with van der Waals surface area (Å²) in [6, 6.07) is 55.4. The average Bonchev–Trinajstić information content (AvgIpc) is 1.58. The maximum absolute atomic E-state index is 13.6. The number of aromatic hydroxyl groups is 4. The van der Waals surface area contributed by atoms with E-state index in [1.165, 1.54) is 48.5 Å². The predicted octanol–water partition coefficient (Wildman–Crippen LogP) is 14.4. The maximum Gasteiger partial charge on any atom is 0.255 e. The fourth-order valence-corrected chi connectivity index (χ4v) is 10.4. The van der Waals surface area contributed by atoms with Crippen LogP contribution in [0.4, 0.5) is 11.4 Å². The number of para-hydroxylation sites is 2. The van der Waals surface area contributed by atoms with Crippen LogP contribution in [-0.4, -0.2) is 32.2 Å². The van der Waals surface area contributed by atoms with Gasteiger partial charge >= 0.3 is 0 Å². The highest BCUT2D eigenvalue weighted by Crippen LogP contribution is 2.57. The van der Waals surface area contributed by atoms with Crippen LogP contribution in [0, 0.1) is 74.1 Å². The van der Waals surface area contributed by atoms with Crippen molar-refractivity contribution in [3.8, 4) is 154 Å². The molecule has 0 bridgehead atoms. The number of amides is 2. The highest BCUT2D eigenvalue weighted by molar-refractivity contribution is 6.07. The summed E-state index contributed by atoms with van der Waals surface area (Å²) in [5, 5.41) is 51.1. The molecule has 0 unspecified atom stereocenters. The number of hydrogen-bond donors (Lipinski definition) is 6. The standard InChI is InChI=1S/C75H44N2O10/c1-7-45-27-31-49(32-28-45)73(82)76-67-65(43-47(9-3)55(11-5)69(67)80)86-71-61(78)23-17-25-63(71)84-53-39-35-51(36-40-53)75(59-21-15-13-19-57(59)58-20-14-16-22-60(58)75)52-37-41-54(42-38-52)85-64-26-18-24-62(79)72(64)87-66-44-48(10-4)56(12-6)70(81)68(66)77-74(83)50-33-29-46(8-2)30-34-50/h1-6,13-44,78-81H,(H,76,82)(H,77,83). The second-order valence-electron chi connectivity index (χ2n) is 19.5. The third kappa shape index (κ3) is 10.3. The van der Waals surface area contributed by atoms with Crippen LogP contribution in [0.5, 0.6) is 69.0 Å². The summed E-state index contributed by atoms with van der Waals surface area (Å²) in [5.74, 6) is 11.8. The minimum atomic E-state index is -0.917. The first kappa shape index (κ1) is 55.8. The summed E-state index contributed by atoms with van der Waals surface area (Å²) in [6.07, 6.45) is 34.2. The number of carbonyl (C=O) groups is 2. The molecule has 2 amide bonds. The molecule has 1 aliphatic carbocycles. The van der Waals surface area contributed by atoms with Gasteiger partial charge in [-0.05, 0) is 130 Å². The van der Waals surface area contributed by atoms with Gasteiger partial charge in [-0.3, -0.25) is 9.59 Å². The molecule has 87 heavy (non-hydrogen) atoms. The highest BCUT2D eigenvalue weighted by atomic mass is 16.5. The Morgan fingerprint density at radius 1 is 0.391 bits per heavy atom. The van der Waals surface area contributed by atoms with Crippen molar-refractivity contribution in [2.45, 2.75) is 5.41 Å². The van der Waals surface area contributed by atoms with Gasteiger partial charge in [-0.1, -0.05) is 120 Å². The van der Waals surface area contributed by atoms with E-state index in [1.807, 2.05) is 48.5 Å². The van der Waals surface area contributed by atoms with Gasteiger partial charge in [-0.15, -0.1) is 38.5 Å². The Morgan fingerprint density at radius 2 is 0.770 bits per heavy atom. The minimum Gasteiger partial charge on any atom is -0.504 e. The second kappa shape index (κ2) is 23.4. The molecule has 0 aliphatic heterocycles. The molecule has 11 rings (SSSR count). The van der Waals surface area contributed by atoms with Crippen molar-refractivity contribution in [1.82, 2.24) is 0 Å². The van der Waals surface area contributed by atoms with Crippen LogP contribution in [0.15, 0.2) is 194 Å². The number of rotatable bonds is 14. The normalized spacial score (nSPS) is 11.3. The molecule has 0 radical (unpaired) electrons. The van der Waals surface area contributed by atoms with Crippen LogP contribution in [0.1, 0.15) is 76.4 Å². The Labute approximate surface area is 500 Å². The zero-order valence-corrected chi connectivity index (χ0v) is 45.7. The zero-order chi connectivity index (χ0) is 60.9. The maximum atomic E-state index is 13.6. The number of phenols is 4. The number of benzene rings is 10. The first-order valence-electron chi connectivity index (χ1n) is 26.5. The lowest BCUT2D eigenvalue weighted by Crippen LogP contribution is -2.28. The number of hydrogen-bond acceptors (Lipinski definition) is 10. The summed E-state index contributed by atoms with van der Waals surface area (Å²) in [4.78, 5) is 27.2. The van der Waals surface area contributed by atoms with Crippen molar-refractivity contribution >= 4 is 23.2 Å². The van der Waals surface area contributed by atoms with E-state index in [0.717, 1.165) is 33.4 Å².